The van der Waals surface area contributed by atoms with Crippen LogP contribution in [0.15, 0.2) is 36.9 Å². The minimum Gasteiger partial charge on any atom is -0.287 e. The van der Waals surface area contributed by atoms with Gasteiger partial charge in [-0.3, -0.25) is 10.2 Å². The maximum atomic E-state index is 12.1. The predicted octanol–water partition coefficient (Wildman–Crippen LogP) is 3.85. The Bertz CT molecular complexity index is 464. The van der Waals surface area contributed by atoms with Crippen LogP contribution in [-0.4, -0.2) is 11.4 Å². The number of rotatable bonds is 5. The first-order valence-corrected chi connectivity index (χ1v) is 7.47. The molecule has 20 heavy (non-hydrogen) atoms. The minimum atomic E-state index is -0.129. The molecule has 4 heteroatoms. The van der Waals surface area contributed by atoms with Crippen molar-refractivity contribution < 1.29 is 4.79 Å². The van der Waals surface area contributed by atoms with Gasteiger partial charge in [-0.05, 0) is 43.5 Å². The van der Waals surface area contributed by atoms with Crippen LogP contribution in [0.25, 0.3) is 0 Å². The molecule has 1 aromatic carbocycles. The molecule has 1 fully saturated rings. The van der Waals surface area contributed by atoms with E-state index in [1.165, 1.54) is 19.3 Å². The van der Waals surface area contributed by atoms with E-state index in [0.29, 0.717) is 10.6 Å². The van der Waals surface area contributed by atoms with Crippen LogP contribution in [0.1, 0.15) is 48.9 Å². The third-order valence-corrected chi connectivity index (χ3v) is 4.15. The summed E-state index contributed by atoms with van der Waals surface area (Å²) in [5.74, 6) is -0.129. The molecule has 0 spiro atoms. The van der Waals surface area contributed by atoms with E-state index in [4.69, 9.17) is 11.6 Å². The molecule has 2 rings (SSSR count). The van der Waals surface area contributed by atoms with Crippen molar-refractivity contribution in [2.24, 2.45) is 0 Å². The van der Waals surface area contributed by atoms with Gasteiger partial charge in [-0.1, -0.05) is 36.9 Å². The lowest BCUT2D eigenvalue weighted by Gasteiger charge is -2.37. The summed E-state index contributed by atoms with van der Waals surface area (Å²) in [5, 5.41) is 0.630. The first kappa shape index (κ1) is 15.1. The largest absolute Gasteiger partial charge is 0.287 e. The van der Waals surface area contributed by atoms with Crippen molar-refractivity contribution >= 4 is 17.5 Å². The second-order valence-electron chi connectivity index (χ2n) is 5.42. The molecular weight excluding hydrogens is 272 g/mol. The predicted molar refractivity (Wildman–Crippen MR) is 82.7 cm³/mol. The van der Waals surface area contributed by atoms with E-state index in [0.717, 1.165) is 19.3 Å². The molecule has 1 saturated carbocycles. The highest BCUT2D eigenvalue weighted by molar-refractivity contribution is 6.30. The summed E-state index contributed by atoms with van der Waals surface area (Å²) in [4.78, 5) is 12.1. The minimum absolute atomic E-state index is 0.0396. The van der Waals surface area contributed by atoms with Crippen LogP contribution in [-0.2, 0) is 0 Å². The van der Waals surface area contributed by atoms with Crippen molar-refractivity contribution in [2.45, 2.75) is 44.1 Å². The second-order valence-corrected chi connectivity index (χ2v) is 5.86. The van der Waals surface area contributed by atoms with Crippen molar-refractivity contribution in [3.63, 3.8) is 0 Å². The molecule has 1 amide bonds. The van der Waals surface area contributed by atoms with Crippen molar-refractivity contribution in [3.8, 4) is 0 Å². The van der Waals surface area contributed by atoms with E-state index < -0.39 is 0 Å². The van der Waals surface area contributed by atoms with Gasteiger partial charge in [-0.25, -0.2) is 5.43 Å². The van der Waals surface area contributed by atoms with Gasteiger partial charge < -0.3 is 0 Å². The maximum absolute atomic E-state index is 12.1. The van der Waals surface area contributed by atoms with Gasteiger partial charge in [0.2, 0.25) is 0 Å². The third-order valence-electron chi connectivity index (χ3n) is 3.89. The lowest BCUT2D eigenvalue weighted by molar-refractivity contribution is 0.0884. The van der Waals surface area contributed by atoms with Gasteiger partial charge in [0.25, 0.3) is 5.91 Å². The summed E-state index contributed by atoms with van der Waals surface area (Å²) < 4.78 is 0. The fourth-order valence-corrected chi connectivity index (χ4v) is 2.87. The standard InChI is InChI=1S/C16H21ClN2O/c1-2-10-16(11-4-3-5-12-16)19-18-15(20)13-6-8-14(17)9-7-13/h2,6-9,19H,1,3-5,10-12H2,(H,18,20). The number of carbonyl (C=O) groups excluding carboxylic acids is 1. The Hall–Kier alpha value is -1.32. The Kier molecular flexibility index (Phi) is 5.21. The molecule has 0 aliphatic heterocycles. The molecule has 1 aliphatic carbocycles. The summed E-state index contributed by atoms with van der Waals surface area (Å²) in [6.45, 7) is 3.83. The van der Waals surface area contributed by atoms with Crippen LogP contribution in [0.2, 0.25) is 5.02 Å². The highest BCUT2D eigenvalue weighted by atomic mass is 35.5. The molecule has 1 aliphatic rings. The molecule has 0 heterocycles. The second kappa shape index (κ2) is 6.91. The average Bonchev–Trinajstić information content (AvgIpc) is 2.47. The number of benzene rings is 1. The SMILES string of the molecule is C=CCC1(NNC(=O)c2ccc(Cl)cc2)CCCCC1. The molecule has 0 radical (unpaired) electrons. The Morgan fingerprint density at radius 3 is 2.50 bits per heavy atom. The summed E-state index contributed by atoms with van der Waals surface area (Å²) >= 11 is 5.82. The molecule has 108 valence electrons. The lowest BCUT2D eigenvalue weighted by Crippen LogP contribution is -2.55. The molecule has 0 unspecified atom stereocenters. The Morgan fingerprint density at radius 1 is 1.25 bits per heavy atom. The van der Waals surface area contributed by atoms with Crippen LogP contribution in [0, 0.1) is 0 Å². The fourth-order valence-electron chi connectivity index (χ4n) is 2.75. The molecule has 2 N–H and O–H groups in total. The molecule has 0 saturated heterocycles. The molecule has 0 bridgehead atoms. The van der Waals surface area contributed by atoms with Crippen molar-refractivity contribution in [1.82, 2.24) is 10.9 Å². The molecular formula is C16H21ClN2O. The highest BCUT2D eigenvalue weighted by Gasteiger charge is 2.30. The zero-order chi connectivity index (χ0) is 14.4. The molecule has 0 atom stereocenters. The van der Waals surface area contributed by atoms with E-state index in [1.54, 1.807) is 24.3 Å². The van der Waals surface area contributed by atoms with Crippen molar-refractivity contribution in [3.05, 3.63) is 47.5 Å². The zero-order valence-electron chi connectivity index (χ0n) is 11.6. The topological polar surface area (TPSA) is 41.1 Å². The van der Waals surface area contributed by atoms with Gasteiger partial charge in [0, 0.05) is 16.1 Å². The average molecular weight is 293 g/mol. The maximum Gasteiger partial charge on any atom is 0.265 e. The van der Waals surface area contributed by atoms with Crippen LogP contribution < -0.4 is 10.9 Å². The van der Waals surface area contributed by atoms with Crippen LogP contribution >= 0.6 is 11.6 Å². The van der Waals surface area contributed by atoms with Gasteiger partial charge >= 0.3 is 0 Å². The molecule has 3 nitrogen and oxygen atoms in total. The lowest BCUT2D eigenvalue weighted by atomic mass is 9.80. The van der Waals surface area contributed by atoms with E-state index in [2.05, 4.69) is 17.4 Å². The Morgan fingerprint density at radius 2 is 1.90 bits per heavy atom. The zero-order valence-corrected chi connectivity index (χ0v) is 12.4. The highest BCUT2D eigenvalue weighted by Crippen LogP contribution is 2.30. The van der Waals surface area contributed by atoms with Gasteiger partial charge in [0.1, 0.15) is 0 Å². The van der Waals surface area contributed by atoms with Crippen LogP contribution in [0.3, 0.4) is 0 Å². The number of amides is 1. The monoisotopic (exact) mass is 292 g/mol. The van der Waals surface area contributed by atoms with Crippen molar-refractivity contribution in [1.29, 1.82) is 0 Å². The summed E-state index contributed by atoms with van der Waals surface area (Å²) in [5.41, 5.74) is 6.64. The Labute approximate surface area is 125 Å². The van der Waals surface area contributed by atoms with Gasteiger partial charge in [-0.2, -0.15) is 0 Å². The summed E-state index contributed by atoms with van der Waals surface area (Å²) in [7, 11) is 0. The third kappa shape index (κ3) is 3.84. The van der Waals surface area contributed by atoms with Gasteiger partial charge in [0.05, 0.1) is 0 Å². The smallest absolute Gasteiger partial charge is 0.265 e. The number of hydrogen-bond donors (Lipinski definition) is 2. The molecule has 1 aromatic rings. The Balaban J connectivity index is 1.96. The van der Waals surface area contributed by atoms with Crippen LogP contribution in [0.5, 0.6) is 0 Å². The first-order valence-electron chi connectivity index (χ1n) is 7.09. The van der Waals surface area contributed by atoms with E-state index in [9.17, 15) is 4.79 Å². The number of carbonyl (C=O) groups is 1. The van der Waals surface area contributed by atoms with E-state index in [1.807, 2.05) is 6.08 Å². The molecule has 0 aromatic heterocycles. The number of halogens is 1. The van der Waals surface area contributed by atoms with Gasteiger partial charge in [-0.15, -0.1) is 6.58 Å². The first-order chi connectivity index (χ1) is 9.65. The van der Waals surface area contributed by atoms with E-state index >= 15 is 0 Å². The van der Waals surface area contributed by atoms with Crippen molar-refractivity contribution in [2.75, 3.05) is 0 Å². The number of hydrogen-bond acceptors (Lipinski definition) is 2. The van der Waals surface area contributed by atoms with E-state index in [-0.39, 0.29) is 11.4 Å². The quantitative estimate of drug-likeness (QED) is 0.639. The van der Waals surface area contributed by atoms with Gasteiger partial charge in [0.15, 0.2) is 0 Å². The number of nitrogens with one attached hydrogen (secondary N) is 2. The summed E-state index contributed by atoms with van der Waals surface area (Å²) in [6, 6.07) is 6.88. The summed E-state index contributed by atoms with van der Waals surface area (Å²) in [6.07, 6.45) is 8.58. The normalized spacial score (nSPS) is 17.4. The fraction of sp³-hybridized carbons (Fsp3) is 0.438. The number of hydrazine groups is 1. The van der Waals surface area contributed by atoms with Crippen LogP contribution in [0.4, 0.5) is 0 Å².